The molecule has 1 heterocycles. The number of nitrogens with two attached hydrogens (primary N) is 1. The van der Waals surface area contributed by atoms with E-state index >= 15 is 0 Å². The molecular formula is C21H26ClN2O3+. The lowest BCUT2D eigenvalue weighted by atomic mass is 9.98. The van der Waals surface area contributed by atoms with Crippen LogP contribution in [0, 0.1) is 0 Å². The van der Waals surface area contributed by atoms with Gasteiger partial charge in [-0.05, 0) is 48.7 Å². The number of benzene rings is 2. The summed E-state index contributed by atoms with van der Waals surface area (Å²) in [5.74, 6) is 1.59. The van der Waals surface area contributed by atoms with Crippen LogP contribution in [0.1, 0.15) is 29.7 Å². The number of carbonyl (C=O) groups is 1. The number of methoxy groups -OCH3 is 2. The first-order valence-corrected chi connectivity index (χ1v) is 9.50. The molecule has 0 bridgehead atoms. The van der Waals surface area contributed by atoms with Gasteiger partial charge in [0, 0.05) is 23.7 Å². The Labute approximate surface area is 165 Å². The molecule has 144 valence electrons. The molecule has 5 nitrogen and oxygen atoms in total. The predicted octanol–water partition coefficient (Wildman–Crippen LogP) is 2.57. The smallest absolute Gasteiger partial charge is 0.278 e. The molecule has 2 aromatic carbocycles. The molecule has 1 amide bonds. The van der Waals surface area contributed by atoms with Crippen LogP contribution in [0.3, 0.4) is 0 Å². The maximum atomic E-state index is 12.7. The zero-order valence-corrected chi connectivity index (χ0v) is 16.8. The Balaban J connectivity index is 1.61. The van der Waals surface area contributed by atoms with Gasteiger partial charge in [-0.1, -0.05) is 23.7 Å². The van der Waals surface area contributed by atoms with Crippen LogP contribution in [0.25, 0.3) is 0 Å². The third-order valence-electron chi connectivity index (χ3n) is 5.11. The van der Waals surface area contributed by atoms with Crippen molar-refractivity contribution in [3.63, 3.8) is 0 Å². The molecule has 1 aliphatic rings. The molecule has 0 radical (unpaired) electrons. The minimum absolute atomic E-state index is 0.149. The van der Waals surface area contributed by atoms with Gasteiger partial charge in [-0.15, -0.1) is 0 Å². The van der Waals surface area contributed by atoms with E-state index in [0.29, 0.717) is 18.8 Å². The van der Waals surface area contributed by atoms with E-state index in [1.165, 1.54) is 5.56 Å². The molecule has 0 fully saturated rings. The van der Waals surface area contributed by atoms with Crippen molar-refractivity contribution in [1.82, 2.24) is 4.90 Å². The van der Waals surface area contributed by atoms with E-state index in [2.05, 4.69) is 12.2 Å². The number of carbonyl (C=O) groups excluding carboxylic acids is 1. The molecule has 1 atom stereocenters. The van der Waals surface area contributed by atoms with Crippen LogP contribution >= 0.6 is 11.6 Å². The maximum absolute atomic E-state index is 12.7. The number of ether oxygens (including phenoxy) is 2. The molecule has 0 saturated carbocycles. The molecule has 0 spiro atoms. The van der Waals surface area contributed by atoms with Crippen molar-refractivity contribution >= 4 is 17.5 Å². The average Bonchev–Trinajstić information content (AvgIpc) is 2.70. The van der Waals surface area contributed by atoms with Gasteiger partial charge in [-0.3, -0.25) is 4.79 Å². The summed E-state index contributed by atoms with van der Waals surface area (Å²) in [4.78, 5) is 14.6. The number of fused-ring (bicyclic) bond motifs is 1. The van der Waals surface area contributed by atoms with Crippen LogP contribution in [-0.2, 0) is 17.8 Å². The lowest BCUT2D eigenvalue weighted by Gasteiger charge is -2.29. The van der Waals surface area contributed by atoms with Crippen LogP contribution in [-0.4, -0.2) is 38.1 Å². The number of hydrogen-bond acceptors (Lipinski definition) is 3. The Kier molecular flexibility index (Phi) is 6.24. The van der Waals surface area contributed by atoms with Gasteiger partial charge in [0.1, 0.15) is 6.04 Å². The second-order valence-corrected chi connectivity index (χ2v) is 7.26. The van der Waals surface area contributed by atoms with Crippen molar-refractivity contribution in [2.45, 2.75) is 25.9 Å². The molecule has 0 saturated heterocycles. The van der Waals surface area contributed by atoms with Gasteiger partial charge in [-0.2, -0.15) is 0 Å². The monoisotopic (exact) mass is 389 g/mol. The van der Waals surface area contributed by atoms with Gasteiger partial charge in [0.2, 0.25) is 0 Å². The molecule has 2 N–H and O–H groups in total. The van der Waals surface area contributed by atoms with Crippen molar-refractivity contribution < 1.29 is 19.6 Å². The fraction of sp³-hybridized carbons (Fsp3) is 0.381. The second kappa shape index (κ2) is 8.63. The van der Waals surface area contributed by atoms with Crippen molar-refractivity contribution in [3.05, 3.63) is 58.1 Å². The van der Waals surface area contributed by atoms with Gasteiger partial charge in [0.15, 0.2) is 18.0 Å². The molecule has 1 aliphatic heterocycles. The standard InChI is InChI=1S/C21H25ClN2O3/c1-14(15-4-6-18(22)7-5-15)23-12-21(25)24-9-8-16-10-19(26-2)20(27-3)11-17(16)13-24/h4-7,10-11,14,23H,8-9,12-13H2,1-3H3/p+1/t14-/m1/s1. The summed E-state index contributed by atoms with van der Waals surface area (Å²) in [6, 6.07) is 12.0. The molecule has 27 heavy (non-hydrogen) atoms. The molecule has 2 aromatic rings. The average molecular weight is 390 g/mol. The van der Waals surface area contributed by atoms with Gasteiger partial charge in [0.05, 0.1) is 14.2 Å². The zero-order valence-electron chi connectivity index (χ0n) is 16.0. The van der Waals surface area contributed by atoms with Crippen molar-refractivity contribution in [3.8, 4) is 11.5 Å². The van der Waals surface area contributed by atoms with Crippen LogP contribution in [0.5, 0.6) is 11.5 Å². The van der Waals surface area contributed by atoms with Crippen molar-refractivity contribution in [1.29, 1.82) is 0 Å². The Morgan fingerprint density at radius 2 is 1.78 bits per heavy atom. The fourth-order valence-electron chi connectivity index (χ4n) is 3.41. The summed E-state index contributed by atoms with van der Waals surface area (Å²) in [5.41, 5.74) is 3.50. The van der Waals surface area contributed by atoms with Gasteiger partial charge < -0.3 is 19.7 Å². The third-order valence-corrected chi connectivity index (χ3v) is 5.36. The topological polar surface area (TPSA) is 55.4 Å². The van der Waals surface area contributed by atoms with E-state index in [1.54, 1.807) is 14.2 Å². The molecule has 0 aliphatic carbocycles. The highest BCUT2D eigenvalue weighted by atomic mass is 35.5. The summed E-state index contributed by atoms with van der Waals surface area (Å²) in [7, 11) is 3.27. The van der Waals surface area contributed by atoms with E-state index in [9.17, 15) is 4.79 Å². The highest BCUT2D eigenvalue weighted by Crippen LogP contribution is 2.33. The fourth-order valence-corrected chi connectivity index (χ4v) is 3.53. The van der Waals surface area contributed by atoms with Crippen LogP contribution in [0.15, 0.2) is 36.4 Å². The van der Waals surface area contributed by atoms with Crippen LogP contribution in [0.2, 0.25) is 5.02 Å². The maximum Gasteiger partial charge on any atom is 0.278 e. The lowest BCUT2D eigenvalue weighted by Crippen LogP contribution is -2.87. The van der Waals surface area contributed by atoms with Crippen LogP contribution in [0.4, 0.5) is 0 Å². The first-order chi connectivity index (χ1) is 13.0. The molecule has 0 aromatic heterocycles. The first kappa shape index (κ1) is 19.5. The SMILES string of the molecule is COc1cc2c(cc1OC)CN(C(=O)C[NH2+][C@H](C)c1ccc(Cl)cc1)CC2. The first-order valence-electron chi connectivity index (χ1n) is 9.12. The number of hydrogen-bond donors (Lipinski definition) is 1. The largest absolute Gasteiger partial charge is 0.493 e. The van der Waals surface area contributed by atoms with E-state index in [1.807, 2.05) is 41.3 Å². The van der Waals surface area contributed by atoms with E-state index < -0.39 is 0 Å². The normalized spacial score (nSPS) is 14.4. The van der Waals surface area contributed by atoms with E-state index in [4.69, 9.17) is 21.1 Å². The third kappa shape index (κ3) is 4.54. The second-order valence-electron chi connectivity index (χ2n) is 6.82. The highest BCUT2D eigenvalue weighted by molar-refractivity contribution is 6.30. The minimum Gasteiger partial charge on any atom is -0.493 e. The van der Waals surface area contributed by atoms with E-state index in [-0.39, 0.29) is 11.9 Å². The molecular weight excluding hydrogens is 364 g/mol. The molecule has 6 heteroatoms. The number of quaternary nitrogens is 1. The Morgan fingerprint density at radius 1 is 1.15 bits per heavy atom. The number of amides is 1. The van der Waals surface area contributed by atoms with Gasteiger partial charge >= 0.3 is 0 Å². The summed E-state index contributed by atoms with van der Waals surface area (Å²) in [6.07, 6.45) is 0.828. The lowest BCUT2D eigenvalue weighted by molar-refractivity contribution is -0.683. The summed E-state index contributed by atoms with van der Waals surface area (Å²) in [5, 5.41) is 2.79. The zero-order chi connectivity index (χ0) is 19.4. The number of nitrogens with zero attached hydrogens (tertiary/aromatic N) is 1. The van der Waals surface area contributed by atoms with E-state index in [0.717, 1.165) is 34.9 Å². The Morgan fingerprint density at radius 3 is 2.41 bits per heavy atom. The molecule has 3 rings (SSSR count). The van der Waals surface area contributed by atoms with Crippen molar-refractivity contribution in [2.24, 2.45) is 0 Å². The summed E-state index contributed by atoms with van der Waals surface area (Å²) in [6.45, 7) is 3.85. The highest BCUT2D eigenvalue weighted by Gasteiger charge is 2.24. The quantitative estimate of drug-likeness (QED) is 0.826. The van der Waals surface area contributed by atoms with Gasteiger partial charge in [-0.25, -0.2) is 0 Å². The summed E-state index contributed by atoms with van der Waals surface area (Å²) < 4.78 is 10.8. The minimum atomic E-state index is 0.149. The predicted molar refractivity (Wildman–Crippen MR) is 105 cm³/mol. The van der Waals surface area contributed by atoms with Crippen LogP contribution < -0.4 is 14.8 Å². The number of rotatable bonds is 6. The number of halogens is 1. The van der Waals surface area contributed by atoms with Crippen molar-refractivity contribution in [2.75, 3.05) is 27.3 Å². The Bertz CT molecular complexity index is 808. The van der Waals surface area contributed by atoms with Gasteiger partial charge in [0.25, 0.3) is 5.91 Å². The Hall–Kier alpha value is -2.24. The molecule has 0 unspecified atom stereocenters. The summed E-state index contributed by atoms with van der Waals surface area (Å²) >= 11 is 5.94.